The molecule has 3 fully saturated rings. The number of nitrogens with one attached hydrogen (secondary N) is 1. The lowest BCUT2D eigenvalue weighted by Crippen LogP contribution is -2.56. The molecule has 0 aromatic heterocycles. The fraction of sp³-hybridized carbons (Fsp3) is 0.529. The molecule has 5 heteroatoms. The van der Waals surface area contributed by atoms with Gasteiger partial charge in [-0.3, -0.25) is 4.90 Å². The molecule has 3 aliphatic rings. The zero-order chi connectivity index (χ0) is 15.6. The molecule has 3 saturated heterocycles. The topological polar surface area (TPSA) is 49.4 Å². The lowest BCUT2D eigenvalue weighted by atomic mass is 9.76. The van der Waals surface area contributed by atoms with Crippen LogP contribution in [-0.2, 0) is 15.8 Å². The van der Waals surface area contributed by atoms with Gasteiger partial charge in [-0.2, -0.15) is 0 Å². The molecule has 2 bridgehead atoms. The lowest BCUT2D eigenvalue weighted by molar-refractivity contribution is 0.0251. The van der Waals surface area contributed by atoms with E-state index >= 15 is 0 Å². The molecular weight excluding hydrogens is 296 g/mol. The summed E-state index contributed by atoms with van der Waals surface area (Å²) in [6.45, 7) is 2.43. The Labute approximate surface area is 133 Å². The number of hydrogen-bond acceptors (Lipinski definition) is 3. The molecule has 0 saturated carbocycles. The second kappa shape index (κ2) is 6.41. The van der Waals surface area contributed by atoms with Crippen LogP contribution in [0.1, 0.15) is 18.4 Å². The highest BCUT2D eigenvalue weighted by Gasteiger charge is 2.39. The van der Waals surface area contributed by atoms with Crippen LogP contribution < -0.4 is 4.72 Å². The van der Waals surface area contributed by atoms with Gasteiger partial charge in [-0.25, -0.2) is 13.1 Å². The average Bonchev–Trinajstić information content (AvgIpc) is 2.54. The van der Waals surface area contributed by atoms with Crippen molar-refractivity contribution in [2.24, 2.45) is 11.8 Å². The summed E-state index contributed by atoms with van der Waals surface area (Å²) in [6.07, 6.45) is 7.72. The summed E-state index contributed by atoms with van der Waals surface area (Å²) in [5, 5.41) is 0. The predicted molar refractivity (Wildman–Crippen MR) is 87.5 cm³/mol. The van der Waals surface area contributed by atoms with Crippen molar-refractivity contribution >= 4 is 10.0 Å². The molecule has 0 aliphatic carbocycles. The third-order valence-electron chi connectivity index (χ3n) is 4.83. The van der Waals surface area contributed by atoms with Gasteiger partial charge in [0.25, 0.3) is 0 Å². The maximum atomic E-state index is 12.2. The van der Waals surface area contributed by atoms with Crippen LogP contribution in [-0.4, -0.2) is 39.0 Å². The van der Waals surface area contributed by atoms with Gasteiger partial charge in [0.05, 0.1) is 5.75 Å². The monoisotopic (exact) mass is 318 g/mol. The van der Waals surface area contributed by atoms with Crippen molar-refractivity contribution in [1.29, 1.82) is 0 Å². The molecule has 4 rings (SSSR count). The van der Waals surface area contributed by atoms with Crippen molar-refractivity contribution in [3.05, 3.63) is 35.9 Å². The molecule has 22 heavy (non-hydrogen) atoms. The fourth-order valence-corrected chi connectivity index (χ4v) is 4.79. The molecule has 4 atom stereocenters. The molecule has 1 N–H and O–H groups in total. The van der Waals surface area contributed by atoms with Gasteiger partial charge in [0.1, 0.15) is 0 Å². The predicted octanol–water partition coefficient (Wildman–Crippen LogP) is 1.45. The summed E-state index contributed by atoms with van der Waals surface area (Å²) in [4.78, 5) is 2.34. The van der Waals surface area contributed by atoms with E-state index in [1.54, 1.807) is 0 Å². The summed E-state index contributed by atoms with van der Waals surface area (Å²) < 4.78 is 27.2. The first-order chi connectivity index (χ1) is 10.6. The van der Waals surface area contributed by atoms with Gasteiger partial charge in [0.15, 0.2) is 0 Å². The largest absolute Gasteiger partial charge is 0.298 e. The molecule has 1 unspecified atom stereocenters. The van der Waals surface area contributed by atoms with Gasteiger partial charge in [0, 0.05) is 25.0 Å². The van der Waals surface area contributed by atoms with Crippen molar-refractivity contribution in [2.75, 3.05) is 19.6 Å². The van der Waals surface area contributed by atoms with Gasteiger partial charge in [0.2, 0.25) is 10.0 Å². The Morgan fingerprint density at radius 2 is 2.09 bits per heavy atom. The highest BCUT2D eigenvalue weighted by atomic mass is 32.2. The summed E-state index contributed by atoms with van der Waals surface area (Å²) >= 11 is 0. The molecule has 0 spiro atoms. The number of rotatable bonds is 5. The van der Waals surface area contributed by atoms with E-state index in [9.17, 15) is 8.42 Å². The van der Waals surface area contributed by atoms with E-state index in [4.69, 9.17) is 6.42 Å². The zero-order valence-electron chi connectivity index (χ0n) is 12.6. The molecule has 1 aromatic carbocycles. The minimum absolute atomic E-state index is 0.0387. The van der Waals surface area contributed by atoms with E-state index < -0.39 is 10.0 Å². The average molecular weight is 318 g/mol. The maximum Gasteiger partial charge on any atom is 0.215 e. The third kappa shape index (κ3) is 3.52. The van der Waals surface area contributed by atoms with Crippen LogP contribution in [0.5, 0.6) is 0 Å². The number of fused-ring (bicyclic) bond motifs is 3. The number of benzene rings is 1. The molecular formula is C17H22N2O2S. The Kier molecular flexibility index (Phi) is 4.53. The number of sulfonamides is 1. The van der Waals surface area contributed by atoms with Crippen molar-refractivity contribution in [2.45, 2.75) is 24.6 Å². The van der Waals surface area contributed by atoms with Gasteiger partial charge in [-0.05, 0) is 30.9 Å². The van der Waals surface area contributed by atoms with E-state index in [1.807, 2.05) is 30.3 Å². The molecule has 0 amide bonds. The Balaban J connectivity index is 1.56. The fourth-order valence-electron chi connectivity index (χ4n) is 3.61. The Bertz CT molecular complexity index is 651. The van der Waals surface area contributed by atoms with Gasteiger partial charge >= 0.3 is 0 Å². The van der Waals surface area contributed by atoms with Crippen molar-refractivity contribution in [3.8, 4) is 12.3 Å². The van der Waals surface area contributed by atoms with Crippen molar-refractivity contribution in [3.63, 3.8) is 0 Å². The van der Waals surface area contributed by atoms with Crippen LogP contribution in [0.25, 0.3) is 0 Å². The zero-order valence-corrected chi connectivity index (χ0v) is 13.4. The Hall–Kier alpha value is -1.35. The summed E-state index contributed by atoms with van der Waals surface area (Å²) in [6, 6.07) is 9.56. The summed E-state index contributed by atoms with van der Waals surface area (Å²) in [5.74, 6) is 3.81. The minimum Gasteiger partial charge on any atom is -0.298 e. The Morgan fingerprint density at radius 1 is 1.32 bits per heavy atom. The van der Waals surface area contributed by atoms with Crippen LogP contribution in [0, 0.1) is 24.2 Å². The van der Waals surface area contributed by atoms with Crippen LogP contribution >= 0.6 is 0 Å². The van der Waals surface area contributed by atoms with Gasteiger partial charge < -0.3 is 0 Å². The number of hydrogen-bond donors (Lipinski definition) is 1. The highest BCUT2D eigenvalue weighted by molar-refractivity contribution is 7.88. The second-order valence-electron chi connectivity index (χ2n) is 6.30. The first-order valence-corrected chi connectivity index (χ1v) is 9.44. The molecule has 0 radical (unpaired) electrons. The summed E-state index contributed by atoms with van der Waals surface area (Å²) in [7, 11) is -3.29. The lowest BCUT2D eigenvalue weighted by Gasteiger charge is -2.48. The molecule has 1 aromatic rings. The quantitative estimate of drug-likeness (QED) is 0.836. The standard InChI is InChI=1S/C17H22N2O2S/c1-2-15-12-19-9-8-16(15)10-17(19)11-18-22(20,21)13-14-6-4-3-5-7-14/h1,3-7,15-18H,8-13H2/t15-,16-,17+/m0/s1. The van der Waals surface area contributed by atoms with Gasteiger partial charge in [-0.15, -0.1) is 12.3 Å². The van der Waals surface area contributed by atoms with Crippen molar-refractivity contribution in [1.82, 2.24) is 9.62 Å². The van der Waals surface area contributed by atoms with Crippen molar-refractivity contribution < 1.29 is 8.42 Å². The van der Waals surface area contributed by atoms with Crippen LogP contribution in [0.15, 0.2) is 30.3 Å². The van der Waals surface area contributed by atoms with E-state index in [0.29, 0.717) is 18.4 Å². The molecule has 3 aliphatic heterocycles. The maximum absolute atomic E-state index is 12.2. The summed E-state index contributed by atoms with van der Waals surface area (Å²) in [5.41, 5.74) is 0.813. The minimum atomic E-state index is -3.29. The third-order valence-corrected chi connectivity index (χ3v) is 6.15. The number of piperidine rings is 3. The van der Waals surface area contributed by atoms with E-state index in [1.165, 1.54) is 0 Å². The van der Waals surface area contributed by atoms with Crippen LogP contribution in [0.3, 0.4) is 0 Å². The molecule has 3 heterocycles. The number of terminal acetylenes is 1. The SMILES string of the molecule is C#C[C@H]1CN2CC[C@H]1C[C@@H]2CNS(=O)(=O)Cc1ccccc1. The first kappa shape index (κ1) is 15.5. The second-order valence-corrected chi connectivity index (χ2v) is 8.11. The van der Waals surface area contributed by atoms with E-state index in [0.717, 1.165) is 31.5 Å². The Morgan fingerprint density at radius 3 is 2.73 bits per heavy atom. The normalized spacial score (nSPS) is 30.9. The van der Waals surface area contributed by atoms with Gasteiger partial charge in [-0.1, -0.05) is 30.3 Å². The smallest absolute Gasteiger partial charge is 0.215 e. The van der Waals surface area contributed by atoms with E-state index in [2.05, 4.69) is 15.5 Å². The first-order valence-electron chi connectivity index (χ1n) is 7.79. The highest BCUT2D eigenvalue weighted by Crippen LogP contribution is 2.35. The van der Waals surface area contributed by atoms with Crippen LogP contribution in [0.2, 0.25) is 0 Å². The van der Waals surface area contributed by atoms with E-state index in [-0.39, 0.29) is 11.8 Å². The number of nitrogens with zero attached hydrogens (tertiary/aromatic N) is 1. The molecule has 4 nitrogen and oxygen atoms in total. The molecule has 118 valence electrons. The van der Waals surface area contributed by atoms with Crippen LogP contribution in [0.4, 0.5) is 0 Å².